The number of carbonyl (C=O) groups is 1. The number of carbonyl (C=O) groups excluding carboxylic acids is 1. The number of anilines is 2. The third kappa shape index (κ3) is 6.71. The van der Waals surface area contributed by atoms with Crippen molar-refractivity contribution in [3.63, 3.8) is 0 Å². The van der Waals surface area contributed by atoms with Crippen LogP contribution >= 0.6 is 0 Å². The Hall–Kier alpha value is -4.23. The van der Waals surface area contributed by atoms with E-state index in [9.17, 15) is 9.18 Å². The van der Waals surface area contributed by atoms with Gasteiger partial charge in [-0.3, -0.25) is 9.69 Å². The number of amides is 1. The van der Waals surface area contributed by atoms with Gasteiger partial charge in [0.05, 0.1) is 11.9 Å². The summed E-state index contributed by atoms with van der Waals surface area (Å²) < 4.78 is 19.1. The van der Waals surface area contributed by atoms with Gasteiger partial charge in [0.25, 0.3) is 5.91 Å². The predicted octanol–water partition coefficient (Wildman–Crippen LogP) is 5.98. The highest BCUT2D eigenvalue weighted by Gasteiger charge is 2.17. The Morgan fingerprint density at radius 1 is 0.865 bits per heavy atom. The van der Waals surface area contributed by atoms with Gasteiger partial charge in [-0.25, -0.2) is 9.37 Å². The van der Waals surface area contributed by atoms with E-state index in [0.717, 1.165) is 56.5 Å². The third-order valence-electron chi connectivity index (χ3n) is 6.31. The van der Waals surface area contributed by atoms with Crippen molar-refractivity contribution in [2.45, 2.75) is 13.0 Å². The van der Waals surface area contributed by atoms with E-state index in [1.54, 1.807) is 6.20 Å². The number of nitrogens with zero attached hydrogens (tertiary/aromatic N) is 3. The maximum atomic E-state index is 13.1. The molecule has 7 heteroatoms. The first-order valence-electron chi connectivity index (χ1n) is 12.4. The number of pyridine rings is 1. The highest BCUT2D eigenvalue weighted by molar-refractivity contribution is 6.04. The number of rotatable bonds is 7. The maximum absolute atomic E-state index is 13.1. The van der Waals surface area contributed by atoms with Gasteiger partial charge in [-0.1, -0.05) is 30.3 Å². The molecule has 3 aromatic carbocycles. The average molecular weight is 497 g/mol. The van der Waals surface area contributed by atoms with Crippen LogP contribution in [0.4, 0.5) is 15.9 Å². The molecule has 188 valence electrons. The molecule has 4 aromatic rings. The molecule has 0 spiro atoms. The van der Waals surface area contributed by atoms with E-state index < -0.39 is 0 Å². The fourth-order valence-corrected chi connectivity index (χ4v) is 4.40. The molecular weight excluding hydrogens is 467 g/mol. The number of halogens is 1. The Morgan fingerprint density at radius 3 is 2.46 bits per heavy atom. The van der Waals surface area contributed by atoms with E-state index in [0.29, 0.717) is 11.3 Å². The molecule has 0 saturated carbocycles. The summed E-state index contributed by atoms with van der Waals surface area (Å²) in [5.74, 6) is 1.90. The van der Waals surface area contributed by atoms with E-state index in [1.807, 2.05) is 54.6 Å². The van der Waals surface area contributed by atoms with Gasteiger partial charge in [0.2, 0.25) is 0 Å². The van der Waals surface area contributed by atoms with E-state index in [-0.39, 0.29) is 11.7 Å². The minimum atomic E-state index is -0.371. The van der Waals surface area contributed by atoms with Gasteiger partial charge < -0.3 is 15.0 Å². The van der Waals surface area contributed by atoms with E-state index >= 15 is 0 Å². The number of hydrogen-bond acceptors (Lipinski definition) is 5. The highest BCUT2D eigenvalue weighted by Crippen LogP contribution is 2.23. The molecule has 0 bridgehead atoms. The van der Waals surface area contributed by atoms with Crippen molar-refractivity contribution in [2.75, 3.05) is 36.4 Å². The van der Waals surface area contributed by atoms with Crippen molar-refractivity contribution < 1.29 is 13.9 Å². The van der Waals surface area contributed by atoms with Crippen molar-refractivity contribution in [1.82, 2.24) is 9.88 Å². The second-order valence-electron chi connectivity index (χ2n) is 9.05. The van der Waals surface area contributed by atoms with Crippen molar-refractivity contribution in [3.8, 4) is 11.5 Å². The summed E-state index contributed by atoms with van der Waals surface area (Å²) in [6.45, 7) is 4.58. The minimum absolute atomic E-state index is 0.293. The summed E-state index contributed by atoms with van der Waals surface area (Å²) in [5.41, 5.74) is 2.23. The zero-order valence-corrected chi connectivity index (χ0v) is 20.5. The Labute approximate surface area is 216 Å². The van der Waals surface area contributed by atoms with Gasteiger partial charge in [-0.15, -0.1) is 0 Å². The Kier molecular flexibility index (Phi) is 7.72. The summed E-state index contributed by atoms with van der Waals surface area (Å²) in [4.78, 5) is 21.7. The van der Waals surface area contributed by atoms with E-state index in [2.05, 4.69) is 32.2 Å². The van der Waals surface area contributed by atoms with Gasteiger partial charge >= 0.3 is 0 Å². The van der Waals surface area contributed by atoms with Gasteiger partial charge in [0, 0.05) is 38.3 Å². The molecule has 2 heterocycles. The summed E-state index contributed by atoms with van der Waals surface area (Å²) in [6.07, 6.45) is 2.70. The number of aromatic nitrogens is 1. The maximum Gasteiger partial charge on any atom is 0.255 e. The Bertz CT molecular complexity index is 1310. The zero-order chi connectivity index (χ0) is 25.5. The van der Waals surface area contributed by atoms with Crippen LogP contribution in [0.1, 0.15) is 22.3 Å². The molecule has 0 radical (unpaired) electrons. The highest BCUT2D eigenvalue weighted by atomic mass is 19.1. The Balaban J connectivity index is 1.15. The molecular formula is C30H29FN4O2. The molecule has 1 N–H and O–H groups in total. The molecule has 0 aliphatic carbocycles. The van der Waals surface area contributed by atoms with Gasteiger partial charge in [-0.05, 0) is 72.6 Å². The second-order valence-corrected chi connectivity index (χ2v) is 9.05. The van der Waals surface area contributed by atoms with Crippen LogP contribution < -0.4 is 15.0 Å². The first-order chi connectivity index (χ1) is 18.1. The lowest BCUT2D eigenvalue weighted by Gasteiger charge is -2.23. The Morgan fingerprint density at radius 2 is 1.68 bits per heavy atom. The lowest BCUT2D eigenvalue weighted by atomic mass is 10.2. The van der Waals surface area contributed by atoms with Crippen LogP contribution in [0.25, 0.3) is 0 Å². The molecule has 1 saturated heterocycles. The van der Waals surface area contributed by atoms with Gasteiger partial charge in [0.1, 0.15) is 23.1 Å². The number of ether oxygens (including phenoxy) is 1. The first kappa shape index (κ1) is 24.5. The molecule has 5 rings (SSSR count). The molecule has 1 fully saturated rings. The molecule has 1 aliphatic rings. The monoisotopic (exact) mass is 496 g/mol. The van der Waals surface area contributed by atoms with Crippen LogP contribution in [-0.4, -0.2) is 42.0 Å². The normalized spacial score (nSPS) is 14.1. The number of hydrogen-bond donors (Lipinski definition) is 1. The lowest BCUT2D eigenvalue weighted by molar-refractivity contribution is 0.102. The average Bonchev–Trinajstić information content (AvgIpc) is 3.16. The van der Waals surface area contributed by atoms with Crippen LogP contribution in [0.5, 0.6) is 11.5 Å². The standard InChI is InChI=1S/C30H29FN4O2/c31-25-12-10-24(11-13-25)30(36)33-26-14-15-29(32-21-26)35-17-5-16-34(18-19-35)22-23-6-4-9-28(20-23)37-27-7-2-1-3-8-27/h1-4,6-15,20-21H,5,16-19,22H2,(H,33,36). The number of nitrogens with one attached hydrogen (secondary N) is 1. The van der Waals surface area contributed by atoms with Crippen LogP contribution in [0.2, 0.25) is 0 Å². The smallest absolute Gasteiger partial charge is 0.255 e. The lowest BCUT2D eigenvalue weighted by Crippen LogP contribution is -2.31. The summed E-state index contributed by atoms with van der Waals surface area (Å²) in [5, 5.41) is 2.81. The summed E-state index contributed by atoms with van der Waals surface area (Å²) >= 11 is 0. The van der Waals surface area contributed by atoms with Crippen molar-refractivity contribution in [1.29, 1.82) is 0 Å². The van der Waals surface area contributed by atoms with Crippen LogP contribution in [0, 0.1) is 5.82 Å². The SMILES string of the molecule is O=C(Nc1ccc(N2CCCN(Cc3cccc(Oc4ccccc4)c3)CC2)nc1)c1ccc(F)cc1. The topological polar surface area (TPSA) is 57.7 Å². The quantitative estimate of drug-likeness (QED) is 0.341. The molecule has 6 nitrogen and oxygen atoms in total. The van der Waals surface area contributed by atoms with Crippen LogP contribution in [-0.2, 0) is 6.54 Å². The fraction of sp³-hybridized carbons (Fsp3) is 0.200. The fourth-order valence-electron chi connectivity index (χ4n) is 4.40. The third-order valence-corrected chi connectivity index (χ3v) is 6.31. The molecule has 0 unspecified atom stereocenters. The van der Waals surface area contributed by atoms with Crippen LogP contribution in [0.3, 0.4) is 0 Å². The van der Waals surface area contributed by atoms with E-state index in [4.69, 9.17) is 4.74 Å². The van der Waals surface area contributed by atoms with E-state index in [1.165, 1.54) is 29.8 Å². The van der Waals surface area contributed by atoms with Gasteiger partial charge in [0.15, 0.2) is 0 Å². The van der Waals surface area contributed by atoms with Crippen LogP contribution in [0.15, 0.2) is 97.2 Å². The summed E-state index contributed by atoms with van der Waals surface area (Å²) in [6, 6.07) is 27.3. The first-order valence-corrected chi connectivity index (χ1v) is 12.4. The minimum Gasteiger partial charge on any atom is -0.457 e. The number of benzene rings is 3. The zero-order valence-electron chi connectivity index (χ0n) is 20.5. The molecule has 1 amide bonds. The largest absolute Gasteiger partial charge is 0.457 e. The van der Waals surface area contributed by atoms with Crippen molar-refractivity contribution in [3.05, 3.63) is 114 Å². The molecule has 1 aromatic heterocycles. The van der Waals surface area contributed by atoms with Gasteiger partial charge in [-0.2, -0.15) is 0 Å². The predicted molar refractivity (Wildman–Crippen MR) is 144 cm³/mol. The second kappa shape index (κ2) is 11.7. The van der Waals surface area contributed by atoms with Crippen molar-refractivity contribution >= 4 is 17.4 Å². The molecule has 1 aliphatic heterocycles. The number of para-hydroxylation sites is 1. The molecule has 37 heavy (non-hydrogen) atoms. The summed E-state index contributed by atoms with van der Waals surface area (Å²) in [7, 11) is 0. The molecule has 0 atom stereocenters. The van der Waals surface area contributed by atoms with Crippen molar-refractivity contribution in [2.24, 2.45) is 0 Å².